The minimum absolute atomic E-state index is 0.0763. The Hall–Kier alpha value is -3.00. The lowest BCUT2D eigenvalue weighted by Gasteiger charge is -2.30. The SMILES string of the molecule is COC(=O)[C@@H](Cc1c[nH]c2ccccc12)N(Cc1ccc(Oc2ccc(Cl)c(Cl)c2)cc1)C(=O)CBr. The number of carbonyl (C=O) groups is 2. The predicted octanol–water partition coefficient (Wildman–Crippen LogP) is 6.77. The molecule has 0 saturated heterocycles. The van der Waals surface area contributed by atoms with E-state index in [1.165, 1.54) is 12.0 Å². The smallest absolute Gasteiger partial charge is 0.328 e. The van der Waals surface area contributed by atoms with Gasteiger partial charge in [-0.25, -0.2) is 4.79 Å². The summed E-state index contributed by atoms with van der Waals surface area (Å²) < 4.78 is 10.9. The maximum atomic E-state index is 13.0. The molecule has 4 rings (SSSR count). The predicted molar refractivity (Wildman–Crippen MR) is 145 cm³/mol. The summed E-state index contributed by atoms with van der Waals surface area (Å²) in [5.41, 5.74) is 2.73. The number of amides is 1. The van der Waals surface area contributed by atoms with Crippen LogP contribution in [0.4, 0.5) is 0 Å². The number of aromatic nitrogens is 1. The van der Waals surface area contributed by atoms with Gasteiger partial charge < -0.3 is 19.4 Å². The fourth-order valence-electron chi connectivity index (χ4n) is 3.95. The highest BCUT2D eigenvalue weighted by atomic mass is 79.9. The van der Waals surface area contributed by atoms with Gasteiger partial charge in [-0.15, -0.1) is 0 Å². The number of para-hydroxylation sites is 1. The number of hydrogen-bond donors (Lipinski definition) is 1. The fraction of sp³-hybridized carbons (Fsp3) is 0.185. The quantitative estimate of drug-likeness (QED) is 0.173. The van der Waals surface area contributed by atoms with E-state index in [0.717, 1.165) is 22.0 Å². The first-order chi connectivity index (χ1) is 17.4. The number of H-pyrrole nitrogens is 1. The Morgan fingerprint density at radius 2 is 1.72 bits per heavy atom. The first-order valence-electron chi connectivity index (χ1n) is 11.1. The molecule has 0 fully saturated rings. The van der Waals surface area contributed by atoms with E-state index in [-0.39, 0.29) is 17.8 Å². The van der Waals surface area contributed by atoms with Crippen molar-refractivity contribution < 1.29 is 19.1 Å². The maximum absolute atomic E-state index is 13.0. The highest BCUT2D eigenvalue weighted by Gasteiger charge is 2.31. The van der Waals surface area contributed by atoms with Crippen molar-refractivity contribution in [1.82, 2.24) is 9.88 Å². The van der Waals surface area contributed by atoms with Crippen LogP contribution < -0.4 is 4.74 Å². The molecule has 1 atom stereocenters. The molecule has 0 aliphatic rings. The molecule has 0 unspecified atom stereocenters. The Kier molecular flexibility index (Phi) is 8.56. The first-order valence-corrected chi connectivity index (χ1v) is 13.0. The number of rotatable bonds is 9. The Morgan fingerprint density at radius 3 is 2.42 bits per heavy atom. The van der Waals surface area contributed by atoms with Gasteiger partial charge in [-0.2, -0.15) is 0 Å². The van der Waals surface area contributed by atoms with E-state index in [0.29, 0.717) is 28.0 Å². The van der Waals surface area contributed by atoms with Crippen molar-refractivity contribution in [3.05, 3.63) is 94.1 Å². The Bertz CT molecular complexity index is 1370. The van der Waals surface area contributed by atoms with Crippen LogP contribution in [0, 0.1) is 0 Å². The molecule has 0 aliphatic carbocycles. The number of halogens is 3. The molecular weight excluding hydrogens is 567 g/mol. The topological polar surface area (TPSA) is 71.6 Å². The number of ether oxygens (including phenoxy) is 2. The molecule has 1 amide bonds. The first kappa shape index (κ1) is 26.1. The van der Waals surface area contributed by atoms with Gasteiger partial charge in [0.05, 0.1) is 22.5 Å². The molecule has 0 spiro atoms. The van der Waals surface area contributed by atoms with Gasteiger partial charge in [-0.3, -0.25) is 4.79 Å². The lowest BCUT2D eigenvalue weighted by Crippen LogP contribution is -2.47. The van der Waals surface area contributed by atoms with Gasteiger partial charge in [0, 0.05) is 36.1 Å². The van der Waals surface area contributed by atoms with Crippen LogP contribution >= 0.6 is 39.1 Å². The van der Waals surface area contributed by atoms with Crippen molar-refractivity contribution in [2.45, 2.75) is 19.0 Å². The summed E-state index contributed by atoms with van der Waals surface area (Å²) in [5, 5.41) is 1.93. The standard InChI is InChI=1S/C27H23BrCl2N2O4/c1-35-27(34)25(12-18-15-31-24-5-3-2-4-21(18)24)32(26(33)14-28)16-17-6-8-19(9-7-17)36-20-10-11-22(29)23(30)13-20/h2-11,13,15,25,31H,12,14,16H2,1H3/t25-/m1/s1. The number of carbonyl (C=O) groups excluding carboxylic acids is 2. The van der Waals surface area contributed by atoms with Crippen LogP contribution in [0.2, 0.25) is 10.0 Å². The number of nitrogens with one attached hydrogen (secondary N) is 1. The fourth-order valence-corrected chi connectivity index (χ4v) is 4.56. The molecule has 0 aliphatic heterocycles. The number of nitrogens with zero attached hydrogens (tertiary/aromatic N) is 1. The molecule has 1 aromatic heterocycles. The van der Waals surface area contributed by atoms with Gasteiger partial charge in [-0.05, 0) is 41.5 Å². The highest BCUT2D eigenvalue weighted by molar-refractivity contribution is 9.09. The zero-order valence-corrected chi connectivity index (χ0v) is 22.4. The van der Waals surface area contributed by atoms with Crippen LogP contribution in [-0.4, -0.2) is 40.2 Å². The summed E-state index contributed by atoms with van der Waals surface area (Å²) in [5.74, 6) is 0.451. The van der Waals surface area contributed by atoms with E-state index < -0.39 is 12.0 Å². The molecule has 186 valence electrons. The second-order valence-corrected chi connectivity index (χ2v) is 9.45. The second kappa shape index (κ2) is 11.8. The van der Waals surface area contributed by atoms with E-state index in [1.807, 2.05) is 42.6 Å². The molecule has 1 heterocycles. The second-order valence-electron chi connectivity index (χ2n) is 8.08. The Morgan fingerprint density at radius 1 is 1.00 bits per heavy atom. The number of alkyl halides is 1. The van der Waals surface area contributed by atoms with Crippen molar-refractivity contribution in [3.63, 3.8) is 0 Å². The van der Waals surface area contributed by atoms with Crippen molar-refractivity contribution in [2.24, 2.45) is 0 Å². The van der Waals surface area contributed by atoms with Crippen LogP contribution in [0.15, 0.2) is 72.9 Å². The van der Waals surface area contributed by atoms with Gasteiger partial charge >= 0.3 is 5.97 Å². The van der Waals surface area contributed by atoms with Gasteiger partial charge in [0.2, 0.25) is 5.91 Å². The van der Waals surface area contributed by atoms with E-state index >= 15 is 0 Å². The van der Waals surface area contributed by atoms with Gasteiger partial charge in [0.1, 0.15) is 17.5 Å². The van der Waals surface area contributed by atoms with Crippen molar-refractivity contribution in [1.29, 1.82) is 0 Å². The molecule has 3 aromatic carbocycles. The molecule has 0 saturated carbocycles. The summed E-state index contributed by atoms with van der Waals surface area (Å²) in [6.45, 7) is 0.222. The Balaban J connectivity index is 1.56. The lowest BCUT2D eigenvalue weighted by molar-refractivity contribution is -0.152. The molecule has 0 bridgehead atoms. The molecule has 0 radical (unpaired) electrons. The maximum Gasteiger partial charge on any atom is 0.328 e. The molecule has 4 aromatic rings. The van der Waals surface area contributed by atoms with Crippen molar-refractivity contribution in [3.8, 4) is 11.5 Å². The van der Waals surface area contributed by atoms with Crippen LogP contribution in [0.25, 0.3) is 10.9 Å². The average molecular weight is 590 g/mol. The number of hydrogen-bond acceptors (Lipinski definition) is 4. The van der Waals surface area contributed by atoms with Gasteiger partial charge in [0.25, 0.3) is 0 Å². The summed E-state index contributed by atoms with van der Waals surface area (Å²) in [7, 11) is 1.33. The highest BCUT2D eigenvalue weighted by Crippen LogP contribution is 2.30. The summed E-state index contributed by atoms with van der Waals surface area (Å²) in [6.07, 6.45) is 2.18. The Labute approximate surface area is 227 Å². The van der Waals surface area contributed by atoms with Crippen LogP contribution in [0.5, 0.6) is 11.5 Å². The third-order valence-electron chi connectivity index (χ3n) is 5.78. The van der Waals surface area contributed by atoms with E-state index in [2.05, 4.69) is 20.9 Å². The number of fused-ring (bicyclic) bond motifs is 1. The van der Waals surface area contributed by atoms with E-state index in [4.69, 9.17) is 32.7 Å². The summed E-state index contributed by atoms with van der Waals surface area (Å²) >= 11 is 15.3. The zero-order valence-electron chi connectivity index (χ0n) is 19.3. The van der Waals surface area contributed by atoms with Crippen molar-refractivity contribution in [2.75, 3.05) is 12.4 Å². The average Bonchev–Trinajstić information content (AvgIpc) is 3.31. The third kappa shape index (κ3) is 6.03. The van der Waals surface area contributed by atoms with Crippen LogP contribution in [-0.2, 0) is 27.3 Å². The summed E-state index contributed by atoms with van der Waals surface area (Å²) in [6, 6.07) is 19.3. The van der Waals surface area contributed by atoms with Crippen LogP contribution in [0.1, 0.15) is 11.1 Å². The molecule has 9 heteroatoms. The minimum Gasteiger partial charge on any atom is -0.467 e. The van der Waals surface area contributed by atoms with Gasteiger partial charge in [-0.1, -0.05) is 69.5 Å². The number of esters is 1. The number of methoxy groups -OCH3 is 1. The molecule has 36 heavy (non-hydrogen) atoms. The van der Waals surface area contributed by atoms with Crippen molar-refractivity contribution >= 4 is 61.9 Å². The zero-order chi connectivity index (χ0) is 25.7. The van der Waals surface area contributed by atoms with Crippen LogP contribution in [0.3, 0.4) is 0 Å². The minimum atomic E-state index is -0.800. The third-order valence-corrected chi connectivity index (χ3v) is 6.99. The van der Waals surface area contributed by atoms with E-state index in [1.54, 1.807) is 30.3 Å². The monoisotopic (exact) mass is 588 g/mol. The molecular formula is C27H23BrCl2N2O4. The number of aromatic amines is 1. The molecule has 1 N–H and O–H groups in total. The molecule has 6 nitrogen and oxygen atoms in total. The van der Waals surface area contributed by atoms with Gasteiger partial charge in [0.15, 0.2) is 0 Å². The summed E-state index contributed by atoms with van der Waals surface area (Å²) in [4.78, 5) is 30.6. The number of benzene rings is 3. The van der Waals surface area contributed by atoms with E-state index in [9.17, 15) is 9.59 Å². The normalized spacial score (nSPS) is 11.8. The largest absolute Gasteiger partial charge is 0.467 e. The lowest BCUT2D eigenvalue weighted by atomic mass is 10.0.